The third kappa shape index (κ3) is 2.39. The molecule has 104 valence electrons. The molecular formula is C13H24N2O3. The summed E-state index contributed by atoms with van der Waals surface area (Å²) in [6, 6.07) is 0.329. The number of ether oxygens (including phenoxy) is 1. The van der Waals surface area contributed by atoms with Crippen LogP contribution in [0.2, 0.25) is 0 Å². The Bertz CT molecular complexity index is 319. The number of likely N-dealkylation sites (N-methyl/N-ethyl adjacent to an activating group) is 2. The van der Waals surface area contributed by atoms with E-state index in [-0.39, 0.29) is 12.0 Å². The van der Waals surface area contributed by atoms with E-state index in [4.69, 9.17) is 4.74 Å². The lowest BCUT2D eigenvalue weighted by atomic mass is 9.91. The molecule has 2 fully saturated rings. The van der Waals surface area contributed by atoms with Crippen molar-refractivity contribution in [3.05, 3.63) is 0 Å². The number of hydrogen-bond donors (Lipinski definition) is 2. The summed E-state index contributed by atoms with van der Waals surface area (Å²) in [6.07, 6.45) is 3.20. The van der Waals surface area contributed by atoms with Crippen LogP contribution in [0.25, 0.3) is 0 Å². The van der Waals surface area contributed by atoms with Gasteiger partial charge in [0.1, 0.15) is 5.54 Å². The van der Waals surface area contributed by atoms with Gasteiger partial charge < -0.3 is 15.2 Å². The molecule has 2 rings (SSSR count). The molecule has 1 aliphatic heterocycles. The van der Waals surface area contributed by atoms with E-state index in [1.165, 1.54) is 0 Å². The third-order valence-electron chi connectivity index (χ3n) is 4.50. The number of carbonyl (C=O) groups is 1. The molecular weight excluding hydrogens is 232 g/mol. The van der Waals surface area contributed by atoms with Crippen molar-refractivity contribution in [3.8, 4) is 0 Å². The first-order chi connectivity index (χ1) is 8.51. The van der Waals surface area contributed by atoms with Gasteiger partial charge in [0.05, 0.1) is 6.10 Å². The highest BCUT2D eigenvalue weighted by Gasteiger charge is 2.51. The molecule has 0 aromatic heterocycles. The van der Waals surface area contributed by atoms with Crippen molar-refractivity contribution in [2.75, 3.05) is 27.2 Å². The minimum Gasteiger partial charge on any atom is -0.480 e. The van der Waals surface area contributed by atoms with Gasteiger partial charge >= 0.3 is 5.97 Å². The molecule has 2 aliphatic rings. The summed E-state index contributed by atoms with van der Waals surface area (Å²) in [4.78, 5) is 13.8. The average molecular weight is 256 g/mol. The molecule has 3 atom stereocenters. The summed E-state index contributed by atoms with van der Waals surface area (Å²) in [5.74, 6) is -0.467. The second-order valence-corrected chi connectivity index (χ2v) is 5.65. The van der Waals surface area contributed by atoms with E-state index in [9.17, 15) is 9.90 Å². The molecule has 1 heterocycles. The molecule has 1 saturated heterocycles. The maximum absolute atomic E-state index is 11.6. The van der Waals surface area contributed by atoms with Crippen molar-refractivity contribution >= 4 is 5.97 Å². The third-order valence-corrected chi connectivity index (χ3v) is 4.50. The monoisotopic (exact) mass is 256 g/mol. The summed E-state index contributed by atoms with van der Waals surface area (Å²) in [5, 5.41) is 12.6. The lowest BCUT2D eigenvalue weighted by molar-refractivity contribution is -0.147. The summed E-state index contributed by atoms with van der Waals surface area (Å²) in [5.41, 5.74) is -0.795. The van der Waals surface area contributed by atoms with Crippen LogP contribution in [0, 0.1) is 5.92 Å². The predicted molar refractivity (Wildman–Crippen MR) is 68.6 cm³/mol. The van der Waals surface area contributed by atoms with Crippen LogP contribution < -0.4 is 5.32 Å². The van der Waals surface area contributed by atoms with Crippen molar-refractivity contribution in [2.45, 2.75) is 43.9 Å². The quantitative estimate of drug-likeness (QED) is 0.726. The van der Waals surface area contributed by atoms with E-state index in [0.29, 0.717) is 12.6 Å². The van der Waals surface area contributed by atoms with Gasteiger partial charge in [-0.15, -0.1) is 0 Å². The number of hydrogen-bond acceptors (Lipinski definition) is 4. The van der Waals surface area contributed by atoms with Crippen molar-refractivity contribution in [3.63, 3.8) is 0 Å². The van der Waals surface area contributed by atoms with E-state index < -0.39 is 11.5 Å². The Kier molecular flexibility index (Phi) is 3.94. The standard InChI is InChI=1S/C13H24N2O3/c1-9-11(6-7-18-9)15(3)8-13(14-2,12(16)17)10-4-5-10/h9-11,14H,4-8H2,1-3H3,(H,16,17). The molecule has 2 N–H and O–H groups in total. The van der Waals surface area contributed by atoms with Crippen LogP contribution in [0.5, 0.6) is 0 Å². The highest BCUT2D eigenvalue weighted by molar-refractivity contribution is 5.80. The zero-order valence-electron chi connectivity index (χ0n) is 11.5. The van der Waals surface area contributed by atoms with Crippen LogP contribution in [0.4, 0.5) is 0 Å². The first-order valence-corrected chi connectivity index (χ1v) is 6.75. The second kappa shape index (κ2) is 5.15. The Balaban J connectivity index is 2.06. The molecule has 18 heavy (non-hydrogen) atoms. The number of nitrogens with one attached hydrogen (secondary N) is 1. The van der Waals surface area contributed by atoms with Crippen LogP contribution in [0.1, 0.15) is 26.2 Å². The molecule has 0 radical (unpaired) electrons. The van der Waals surface area contributed by atoms with Crippen molar-refractivity contribution in [1.82, 2.24) is 10.2 Å². The normalized spacial score (nSPS) is 31.6. The van der Waals surface area contributed by atoms with Crippen LogP contribution >= 0.6 is 0 Å². The van der Waals surface area contributed by atoms with Gasteiger partial charge in [0.2, 0.25) is 0 Å². The van der Waals surface area contributed by atoms with Crippen LogP contribution in [0.15, 0.2) is 0 Å². The lowest BCUT2D eigenvalue weighted by Gasteiger charge is -2.36. The fraction of sp³-hybridized carbons (Fsp3) is 0.923. The van der Waals surface area contributed by atoms with Gasteiger partial charge in [-0.25, -0.2) is 0 Å². The molecule has 0 amide bonds. The lowest BCUT2D eigenvalue weighted by Crippen LogP contribution is -2.60. The number of aliphatic carboxylic acids is 1. The molecule has 0 aromatic carbocycles. The van der Waals surface area contributed by atoms with Gasteiger partial charge in [-0.2, -0.15) is 0 Å². The van der Waals surface area contributed by atoms with Crippen LogP contribution in [0.3, 0.4) is 0 Å². The topological polar surface area (TPSA) is 61.8 Å². The maximum Gasteiger partial charge on any atom is 0.325 e. The van der Waals surface area contributed by atoms with E-state index in [1.807, 2.05) is 7.05 Å². The number of rotatable bonds is 6. The molecule has 5 heteroatoms. The zero-order valence-corrected chi connectivity index (χ0v) is 11.5. The number of nitrogens with zero attached hydrogens (tertiary/aromatic N) is 1. The Morgan fingerprint density at radius 3 is 2.56 bits per heavy atom. The van der Waals surface area contributed by atoms with Gasteiger partial charge in [0.15, 0.2) is 0 Å². The summed E-state index contributed by atoms with van der Waals surface area (Å²) >= 11 is 0. The summed E-state index contributed by atoms with van der Waals surface area (Å²) in [7, 11) is 3.77. The van der Waals surface area contributed by atoms with Crippen LogP contribution in [-0.4, -0.2) is 60.9 Å². The van der Waals surface area contributed by atoms with E-state index >= 15 is 0 Å². The Morgan fingerprint density at radius 2 is 2.17 bits per heavy atom. The molecule has 0 spiro atoms. The maximum atomic E-state index is 11.6. The highest BCUT2D eigenvalue weighted by atomic mass is 16.5. The predicted octanol–water partition coefficient (Wildman–Crippen LogP) is 0.548. The fourth-order valence-corrected chi connectivity index (χ4v) is 3.15. The Labute approximate surface area is 108 Å². The molecule has 5 nitrogen and oxygen atoms in total. The molecule has 1 saturated carbocycles. The molecule has 0 aromatic rings. The smallest absolute Gasteiger partial charge is 0.325 e. The van der Waals surface area contributed by atoms with Crippen molar-refractivity contribution in [2.24, 2.45) is 5.92 Å². The van der Waals surface area contributed by atoms with Gasteiger partial charge in [-0.1, -0.05) is 0 Å². The molecule has 1 aliphatic carbocycles. The van der Waals surface area contributed by atoms with E-state index in [0.717, 1.165) is 25.9 Å². The average Bonchev–Trinajstić information content (AvgIpc) is 3.08. The van der Waals surface area contributed by atoms with Gasteiger partial charge in [-0.05, 0) is 46.2 Å². The Hall–Kier alpha value is -0.650. The van der Waals surface area contributed by atoms with Gasteiger partial charge in [0, 0.05) is 19.2 Å². The minimum atomic E-state index is -0.795. The number of carboxylic acids is 1. The van der Waals surface area contributed by atoms with Gasteiger partial charge in [-0.3, -0.25) is 9.69 Å². The fourth-order valence-electron chi connectivity index (χ4n) is 3.15. The first kappa shape index (κ1) is 13.8. The van der Waals surface area contributed by atoms with Gasteiger partial charge in [0.25, 0.3) is 0 Å². The highest BCUT2D eigenvalue weighted by Crippen LogP contribution is 2.40. The first-order valence-electron chi connectivity index (χ1n) is 6.75. The van der Waals surface area contributed by atoms with E-state index in [1.54, 1.807) is 7.05 Å². The second-order valence-electron chi connectivity index (χ2n) is 5.65. The largest absolute Gasteiger partial charge is 0.480 e. The molecule has 3 unspecified atom stereocenters. The SMILES string of the molecule is CNC(CN(C)C1CCOC1C)(C(=O)O)C1CC1. The zero-order chi connectivity index (χ0) is 13.3. The van der Waals surface area contributed by atoms with Crippen LogP contribution in [-0.2, 0) is 9.53 Å². The Morgan fingerprint density at radius 1 is 1.50 bits per heavy atom. The summed E-state index contributed by atoms with van der Waals surface area (Å²) in [6.45, 7) is 3.38. The minimum absolute atomic E-state index is 0.192. The summed E-state index contributed by atoms with van der Waals surface area (Å²) < 4.78 is 5.56. The number of carboxylic acid groups (broad SMARTS) is 1. The van der Waals surface area contributed by atoms with Crippen molar-refractivity contribution < 1.29 is 14.6 Å². The van der Waals surface area contributed by atoms with Crippen molar-refractivity contribution in [1.29, 1.82) is 0 Å². The van der Waals surface area contributed by atoms with E-state index in [2.05, 4.69) is 17.1 Å². The molecule has 0 bridgehead atoms.